The molecule has 0 aromatic heterocycles. The van der Waals surface area contributed by atoms with Crippen LogP contribution in [0.1, 0.15) is 46.1 Å². The summed E-state index contributed by atoms with van der Waals surface area (Å²) in [6.45, 7) is 7.85. The molecular formula is C14H24N2O2S. The molecule has 0 saturated heterocycles. The molecule has 1 rings (SSSR count). The summed E-state index contributed by atoms with van der Waals surface area (Å²) < 4.78 is 27.5. The number of rotatable bonds is 6. The summed E-state index contributed by atoms with van der Waals surface area (Å²) in [6.07, 6.45) is 2.28. The zero-order valence-corrected chi connectivity index (χ0v) is 13.0. The number of hydrogen-bond acceptors (Lipinski definition) is 3. The molecule has 0 unspecified atom stereocenters. The van der Waals surface area contributed by atoms with Crippen LogP contribution < -0.4 is 10.5 Å². The highest BCUT2D eigenvalue weighted by Crippen LogP contribution is 2.22. The lowest BCUT2D eigenvalue weighted by Gasteiger charge is -2.27. The highest BCUT2D eigenvalue weighted by atomic mass is 32.2. The van der Waals surface area contributed by atoms with Crippen LogP contribution >= 0.6 is 0 Å². The summed E-state index contributed by atoms with van der Waals surface area (Å²) in [7, 11) is -3.52. The third kappa shape index (κ3) is 3.70. The Morgan fingerprint density at radius 1 is 1.21 bits per heavy atom. The first-order chi connectivity index (χ1) is 8.78. The number of anilines is 1. The van der Waals surface area contributed by atoms with Crippen LogP contribution in [0.3, 0.4) is 0 Å². The molecule has 19 heavy (non-hydrogen) atoms. The van der Waals surface area contributed by atoms with Gasteiger partial charge < -0.3 is 5.73 Å². The normalized spacial score (nSPS) is 12.6. The van der Waals surface area contributed by atoms with Crippen molar-refractivity contribution >= 4 is 15.7 Å². The zero-order valence-electron chi connectivity index (χ0n) is 12.2. The lowest BCUT2D eigenvalue weighted by molar-refractivity contribution is 0.388. The summed E-state index contributed by atoms with van der Waals surface area (Å²) in [4.78, 5) is 0.232. The minimum absolute atomic E-state index is 0.232. The maximum absolute atomic E-state index is 12.4. The minimum Gasteiger partial charge on any atom is -0.398 e. The molecule has 0 aliphatic heterocycles. The summed E-state index contributed by atoms with van der Waals surface area (Å²) in [6, 6.07) is 4.93. The Hall–Kier alpha value is -1.07. The van der Waals surface area contributed by atoms with Crippen molar-refractivity contribution in [3.05, 3.63) is 23.8 Å². The average Bonchev–Trinajstić information content (AvgIpc) is 2.38. The standard InChI is InChI=1S/C14H24N2O2S/c1-5-11-8-9-12(10-13(11)15)19(17,18)16-14(4,6-2)7-3/h8-10,16H,5-7,15H2,1-4H3. The van der Waals surface area contributed by atoms with E-state index in [1.54, 1.807) is 12.1 Å². The van der Waals surface area contributed by atoms with Gasteiger partial charge in [0.1, 0.15) is 0 Å². The van der Waals surface area contributed by atoms with Crippen LogP contribution in [0, 0.1) is 0 Å². The van der Waals surface area contributed by atoms with E-state index in [4.69, 9.17) is 5.73 Å². The Kier molecular flexibility index (Phi) is 4.98. The van der Waals surface area contributed by atoms with E-state index < -0.39 is 15.6 Å². The number of sulfonamides is 1. The van der Waals surface area contributed by atoms with Crippen molar-refractivity contribution < 1.29 is 8.42 Å². The van der Waals surface area contributed by atoms with Crippen LogP contribution in [0.4, 0.5) is 5.69 Å². The van der Waals surface area contributed by atoms with Gasteiger partial charge >= 0.3 is 0 Å². The van der Waals surface area contributed by atoms with Crippen LogP contribution in [-0.2, 0) is 16.4 Å². The lowest BCUT2D eigenvalue weighted by Crippen LogP contribution is -2.44. The average molecular weight is 284 g/mol. The molecule has 0 fully saturated rings. The minimum atomic E-state index is -3.52. The zero-order chi connectivity index (χ0) is 14.7. The van der Waals surface area contributed by atoms with Crippen LogP contribution in [0.15, 0.2) is 23.1 Å². The van der Waals surface area contributed by atoms with Gasteiger partial charge in [-0.25, -0.2) is 13.1 Å². The van der Waals surface area contributed by atoms with Gasteiger partial charge in [0.15, 0.2) is 0 Å². The molecule has 0 aliphatic carbocycles. The first-order valence-corrected chi connectivity index (χ1v) is 8.18. The third-order valence-electron chi connectivity index (χ3n) is 3.75. The van der Waals surface area contributed by atoms with Gasteiger partial charge in [-0.15, -0.1) is 0 Å². The number of nitrogens with one attached hydrogen (secondary N) is 1. The van der Waals surface area contributed by atoms with Crippen molar-refractivity contribution in [1.29, 1.82) is 0 Å². The Balaban J connectivity index is 3.11. The monoisotopic (exact) mass is 284 g/mol. The van der Waals surface area contributed by atoms with Gasteiger partial charge in [0.25, 0.3) is 0 Å². The molecule has 4 nitrogen and oxygen atoms in total. The van der Waals surface area contributed by atoms with Crippen molar-refractivity contribution in [2.75, 3.05) is 5.73 Å². The van der Waals surface area contributed by atoms with Crippen LogP contribution in [0.25, 0.3) is 0 Å². The van der Waals surface area contributed by atoms with Crippen LogP contribution in [-0.4, -0.2) is 14.0 Å². The Morgan fingerprint density at radius 3 is 2.21 bits per heavy atom. The van der Waals surface area contributed by atoms with Crippen molar-refractivity contribution in [3.8, 4) is 0 Å². The predicted octanol–water partition coefficient (Wildman–Crippen LogP) is 2.69. The van der Waals surface area contributed by atoms with Crippen LogP contribution in [0.5, 0.6) is 0 Å². The lowest BCUT2D eigenvalue weighted by atomic mass is 9.98. The topological polar surface area (TPSA) is 72.2 Å². The molecular weight excluding hydrogens is 260 g/mol. The third-order valence-corrected chi connectivity index (χ3v) is 5.39. The van der Waals surface area contributed by atoms with E-state index in [1.165, 1.54) is 6.07 Å². The second kappa shape index (κ2) is 5.92. The number of nitrogen functional groups attached to an aromatic ring is 1. The first kappa shape index (κ1) is 16.0. The summed E-state index contributed by atoms with van der Waals surface area (Å²) >= 11 is 0. The fourth-order valence-electron chi connectivity index (χ4n) is 1.84. The smallest absolute Gasteiger partial charge is 0.241 e. The molecule has 1 aromatic rings. The second-order valence-electron chi connectivity index (χ2n) is 5.09. The van der Waals surface area contributed by atoms with Gasteiger partial charge in [0.05, 0.1) is 4.90 Å². The van der Waals surface area contributed by atoms with E-state index in [9.17, 15) is 8.42 Å². The molecule has 0 bridgehead atoms. The van der Waals surface area contributed by atoms with Gasteiger partial charge in [-0.3, -0.25) is 0 Å². The van der Waals surface area contributed by atoms with Crippen molar-refractivity contribution in [2.24, 2.45) is 0 Å². The van der Waals surface area contributed by atoms with Gasteiger partial charge in [0.2, 0.25) is 10.0 Å². The molecule has 0 amide bonds. The highest BCUT2D eigenvalue weighted by molar-refractivity contribution is 7.89. The van der Waals surface area contributed by atoms with Crippen LogP contribution in [0.2, 0.25) is 0 Å². The quantitative estimate of drug-likeness (QED) is 0.789. The maximum Gasteiger partial charge on any atom is 0.241 e. The summed E-state index contributed by atoms with van der Waals surface area (Å²) in [5, 5.41) is 0. The number of hydrogen-bond donors (Lipinski definition) is 2. The molecule has 5 heteroatoms. The predicted molar refractivity (Wildman–Crippen MR) is 79.5 cm³/mol. The number of benzene rings is 1. The first-order valence-electron chi connectivity index (χ1n) is 6.70. The van der Waals surface area contributed by atoms with E-state index >= 15 is 0 Å². The van der Waals surface area contributed by atoms with E-state index in [1.807, 2.05) is 27.7 Å². The molecule has 0 radical (unpaired) electrons. The number of aryl methyl sites for hydroxylation is 1. The maximum atomic E-state index is 12.4. The second-order valence-corrected chi connectivity index (χ2v) is 6.77. The fourth-order valence-corrected chi connectivity index (χ4v) is 3.42. The van der Waals surface area contributed by atoms with Gasteiger partial charge in [-0.1, -0.05) is 26.8 Å². The molecule has 1 aromatic carbocycles. The fraction of sp³-hybridized carbons (Fsp3) is 0.571. The molecule has 0 spiro atoms. The SMILES string of the molecule is CCc1ccc(S(=O)(=O)NC(C)(CC)CC)cc1N. The highest BCUT2D eigenvalue weighted by Gasteiger charge is 2.27. The summed E-state index contributed by atoms with van der Waals surface area (Å²) in [5.74, 6) is 0. The van der Waals surface area contributed by atoms with Gasteiger partial charge in [0, 0.05) is 11.2 Å². The van der Waals surface area contributed by atoms with Gasteiger partial charge in [-0.2, -0.15) is 0 Å². The largest absolute Gasteiger partial charge is 0.398 e. The molecule has 0 atom stereocenters. The molecule has 0 aliphatic rings. The van der Waals surface area contributed by atoms with E-state index in [2.05, 4.69) is 4.72 Å². The van der Waals surface area contributed by atoms with Crippen molar-refractivity contribution in [2.45, 2.75) is 57.4 Å². The molecule has 3 N–H and O–H groups in total. The molecule has 0 saturated carbocycles. The van der Waals surface area contributed by atoms with E-state index in [0.717, 1.165) is 24.8 Å². The van der Waals surface area contributed by atoms with Crippen molar-refractivity contribution in [3.63, 3.8) is 0 Å². The molecule has 108 valence electrons. The Morgan fingerprint density at radius 2 is 1.79 bits per heavy atom. The summed E-state index contributed by atoms with van der Waals surface area (Å²) in [5.41, 5.74) is 6.94. The van der Waals surface area contributed by atoms with E-state index in [0.29, 0.717) is 5.69 Å². The van der Waals surface area contributed by atoms with E-state index in [-0.39, 0.29) is 4.90 Å². The molecule has 0 heterocycles. The van der Waals surface area contributed by atoms with Crippen molar-refractivity contribution in [1.82, 2.24) is 4.72 Å². The number of nitrogens with two attached hydrogens (primary N) is 1. The van der Waals surface area contributed by atoms with Gasteiger partial charge in [-0.05, 0) is 43.9 Å². The Bertz CT molecular complexity index is 534. The Labute approximate surface area is 116 Å².